The Bertz CT molecular complexity index is 1270. The lowest BCUT2D eigenvalue weighted by atomic mass is 10.2. The third-order valence-electron chi connectivity index (χ3n) is 4.54. The van der Waals surface area contributed by atoms with Crippen LogP contribution in [0.5, 0.6) is 11.5 Å². The summed E-state index contributed by atoms with van der Waals surface area (Å²) in [5.41, 5.74) is 4.33. The summed E-state index contributed by atoms with van der Waals surface area (Å²) in [4.78, 5) is 9.22. The van der Waals surface area contributed by atoms with Crippen LogP contribution < -0.4 is 14.8 Å². The molecule has 0 atom stereocenters. The number of anilines is 2. The maximum Gasteiger partial charge on any atom is 0.231 e. The number of aromatic nitrogens is 2. The molecule has 6 nitrogen and oxygen atoms in total. The molecule has 1 aliphatic heterocycles. The van der Waals surface area contributed by atoms with Crippen LogP contribution >= 0.6 is 11.3 Å². The normalized spacial score (nSPS) is 12.7. The van der Waals surface area contributed by atoms with Gasteiger partial charge in [0.25, 0.3) is 0 Å². The molecule has 0 amide bonds. The zero-order chi connectivity index (χ0) is 18.5. The number of rotatable bonds is 3. The molecule has 0 saturated heterocycles. The van der Waals surface area contributed by atoms with E-state index in [4.69, 9.17) is 13.9 Å². The quantitative estimate of drug-likeness (QED) is 0.436. The van der Waals surface area contributed by atoms with Crippen molar-refractivity contribution in [1.29, 1.82) is 0 Å². The molecule has 136 valence electrons. The Morgan fingerprint density at radius 2 is 1.75 bits per heavy atom. The number of ether oxygens (including phenoxy) is 2. The van der Waals surface area contributed by atoms with Crippen molar-refractivity contribution in [3.63, 3.8) is 0 Å². The van der Waals surface area contributed by atoms with Gasteiger partial charge in [-0.05, 0) is 30.3 Å². The summed E-state index contributed by atoms with van der Waals surface area (Å²) in [5, 5.41) is 4.17. The van der Waals surface area contributed by atoms with E-state index < -0.39 is 0 Å². The minimum atomic E-state index is 0.264. The van der Waals surface area contributed by atoms with Crippen molar-refractivity contribution < 1.29 is 13.9 Å². The van der Waals surface area contributed by atoms with Crippen molar-refractivity contribution in [2.24, 2.45) is 0 Å². The summed E-state index contributed by atoms with van der Waals surface area (Å²) in [7, 11) is 0. The van der Waals surface area contributed by atoms with Crippen LogP contribution in [0.1, 0.15) is 0 Å². The van der Waals surface area contributed by atoms with Crippen molar-refractivity contribution in [2.45, 2.75) is 0 Å². The van der Waals surface area contributed by atoms with Gasteiger partial charge in [0.05, 0.1) is 10.2 Å². The zero-order valence-corrected chi connectivity index (χ0v) is 15.3. The van der Waals surface area contributed by atoms with Crippen LogP contribution in [0.4, 0.5) is 10.8 Å². The van der Waals surface area contributed by atoms with E-state index in [1.165, 1.54) is 0 Å². The van der Waals surface area contributed by atoms with Crippen LogP contribution in [0.15, 0.2) is 65.1 Å². The van der Waals surface area contributed by atoms with Crippen LogP contribution in [-0.4, -0.2) is 16.8 Å². The highest BCUT2D eigenvalue weighted by atomic mass is 32.1. The number of nitrogens with one attached hydrogen (secondary N) is 1. The number of hydrogen-bond donors (Lipinski definition) is 1. The fourth-order valence-electron chi connectivity index (χ4n) is 3.22. The van der Waals surface area contributed by atoms with E-state index in [1.54, 1.807) is 11.3 Å². The molecule has 3 aromatic carbocycles. The van der Waals surface area contributed by atoms with Gasteiger partial charge >= 0.3 is 0 Å². The number of benzene rings is 3. The first kappa shape index (κ1) is 15.5. The molecule has 6 rings (SSSR count). The van der Waals surface area contributed by atoms with E-state index in [2.05, 4.69) is 15.3 Å². The highest BCUT2D eigenvalue weighted by Crippen LogP contribution is 2.39. The molecule has 0 bridgehead atoms. The Kier molecular flexibility index (Phi) is 3.30. The van der Waals surface area contributed by atoms with Gasteiger partial charge in [-0.1, -0.05) is 29.5 Å². The molecule has 3 heterocycles. The lowest BCUT2D eigenvalue weighted by Crippen LogP contribution is -1.92. The van der Waals surface area contributed by atoms with E-state index in [9.17, 15) is 0 Å². The second kappa shape index (κ2) is 5.97. The highest BCUT2D eigenvalue weighted by Gasteiger charge is 2.17. The van der Waals surface area contributed by atoms with E-state index >= 15 is 0 Å². The average Bonchev–Trinajstić information content (AvgIpc) is 3.43. The molecule has 2 aromatic heterocycles. The van der Waals surface area contributed by atoms with Gasteiger partial charge in [-0.2, -0.15) is 0 Å². The number of thiazole rings is 1. The standard InChI is InChI=1S/C21H13N3O3S/c1-2-7-16-14(6-1)23-20(27-16)12-4-3-5-13(8-12)22-21-24-15-9-17-18(26-11-25-17)10-19(15)28-21/h1-10H,11H2,(H,22,24). The number of hydrogen-bond acceptors (Lipinski definition) is 7. The van der Waals surface area contributed by atoms with Gasteiger partial charge in [0.15, 0.2) is 22.2 Å². The van der Waals surface area contributed by atoms with Gasteiger partial charge in [-0.15, -0.1) is 0 Å². The highest BCUT2D eigenvalue weighted by molar-refractivity contribution is 7.22. The molecular formula is C21H13N3O3S. The van der Waals surface area contributed by atoms with E-state index in [1.807, 2.05) is 60.7 Å². The predicted molar refractivity (Wildman–Crippen MR) is 108 cm³/mol. The molecule has 0 aliphatic carbocycles. The topological polar surface area (TPSA) is 69.4 Å². The lowest BCUT2D eigenvalue weighted by Gasteiger charge is -2.03. The number of para-hydroxylation sites is 2. The SMILES string of the molecule is c1cc(Nc2nc3cc4c(cc3s2)OCO4)cc(-c2nc3ccccc3o2)c1. The van der Waals surface area contributed by atoms with Crippen LogP contribution in [-0.2, 0) is 0 Å². The third kappa shape index (κ3) is 2.56. The number of oxazole rings is 1. The molecule has 0 spiro atoms. The van der Waals surface area contributed by atoms with Crippen molar-refractivity contribution in [1.82, 2.24) is 9.97 Å². The molecule has 0 saturated carbocycles. The van der Waals surface area contributed by atoms with Gasteiger partial charge in [0.2, 0.25) is 12.7 Å². The summed E-state index contributed by atoms with van der Waals surface area (Å²) in [6.45, 7) is 0.264. The second-order valence-electron chi connectivity index (χ2n) is 6.38. The summed E-state index contributed by atoms with van der Waals surface area (Å²) in [6, 6.07) is 19.6. The largest absolute Gasteiger partial charge is 0.454 e. The Hall–Kier alpha value is -3.58. The van der Waals surface area contributed by atoms with Crippen LogP contribution in [0, 0.1) is 0 Å². The van der Waals surface area contributed by atoms with Gasteiger partial charge in [0.1, 0.15) is 5.52 Å². The first-order valence-electron chi connectivity index (χ1n) is 8.75. The molecule has 0 unspecified atom stereocenters. The van der Waals surface area contributed by atoms with Crippen LogP contribution in [0.3, 0.4) is 0 Å². The predicted octanol–water partition coefficient (Wildman–Crippen LogP) is 5.58. The average molecular weight is 387 g/mol. The fourth-order valence-corrected chi connectivity index (χ4v) is 4.12. The monoisotopic (exact) mass is 387 g/mol. The molecule has 0 fully saturated rings. The molecule has 28 heavy (non-hydrogen) atoms. The Balaban J connectivity index is 1.33. The van der Waals surface area contributed by atoms with Gasteiger partial charge in [-0.25, -0.2) is 9.97 Å². The molecule has 1 N–H and O–H groups in total. The Labute approximate surface area is 163 Å². The summed E-state index contributed by atoms with van der Waals surface area (Å²) >= 11 is 1.57. The smallest absolute Gasteiger partial charge is 0.231 e. The maximum atomic E-state index is 5.87. The molecule has 1 aliphatic rings. The van der Waals surface area contributed by atoms with Crippen molar-refractivity contribution in [2.75, 3.05) is 12.1 Å². The van der Waals surface area contributed by atoms with Crippen molar-refractivity contribution in [3.8, 4) is 23.0 Å². The summed E-state index contributed by atoms with van der Waals surface area (Å²) < 4.78 is 17.8. The van der Waals surface area contributed by atoms with Gasteiger partial charge < -0.3 is 19.2 Å². The van der Waals surface area contributed by atoms with E-state index in [0.29, 0.717) is 5.89 Å². The van der Waals surface area contributed by atoms with Crippen molar-refractivity contribution in [3.05, 3.63) is 60.7 Å². The Morgan fingerprint density at radius 1 is 0.857 bits per heavy atom. The second-order valence-corrected chi connectivity index (χ2v) is 7.42. The van der Waals surface area contributed by atoms with Crippen molar-refractivity contribution >= 4 is 43.5 Å². The van der Waals surface area contributed by atoms with Gasteiger partial charge in [0, 0.05) is 23.4 Å². The number of nitrogens with zero attached hydrogens (tertiary/aromatic N) is 2. The summed E-state index contributed by atoms with van der Waals surface area (Å²) in [6.07, 6.45) is 0. The minimum absolute atomic E-state index is 0.264. The maximum absolute atomic E-state index is 5.87. The van der Waals surface area contributed by atoms with Gasteiger partial charge in [-0.3, -0.25) is 0 Å². The first-order chi connectivity index (χ1) is 13.8. The fraction of sp³-hybridized carbons (Fsp3) is 0.0476. The first-order valence-corrected chi connectivity index (χ1v) is 9.57. The molecule has 0 radical (unpaired) electrons. The molecule has 5 aromatic rings. The third-order valence-corrected chi connectivity index (χ3v) is 5.47. The lowest BCUT2D eigenvalue weighted by molar-refractivity contribution is 0.174. The van der Waals surface area contributed by atoms with Crippen LogP contribution in [0.25, 0.3) is 32.8 Å². The van der Waals surface area contributed by atoms with Crippen LogP contribution in [0.2, 0.25) is 0 Å². The zero-order valence-electron chi connectivity index (χ0n) is 14.5. The minimum Gasteiger partial charge on any atom is -0.454 e. The molecular weight excluding hydrogens is 374 g/mol. The Morgan fingerprint density at radius 3 is 2.68 bits per heavy atom. The number of fused-ring (bicyclic) bond motifs is 3. The van der Waals surface area contributed by atoms with E-state index in [-0.39, 0.29) is 6.79 Å². The summed E-state index contributed by atoms with van der Waals surface area (Å²) in [5.74, 6) is 2.10. The van der Waals surface area contributed by atoms with E-state index in [0.717, 1.165) is 49.2 Å². The molecule has 7 heteroatoms.